The van der Waals surface area contributed by atoms with E-state index in [1.165, 1.54) is 0 Å². The second kappa shape index (κ2) is 12.1. The van der Waals surface area contributed by atoms with Crippen molar-refractivity contribution >= 4 is 33.3 Å². The number of unbranched alkanes of at least 4 members (excludes halogenated alkanes) is 2. The number of hydrogen-bond acceptors (Lipinski definition) is 6. The zero-order chi connectivity index (χ0) is 28.2. The van der Waals surface area contributed by atoms with Gasteiger partial charge in [0.05, 0.1) is 16.8 Å². The summed E-state index contributed by atoms with van der Waals surface area (Å²) in [5.41, 5.74) is 2.16. The molecule has 3 aromatic carbocycles. The summed E-state index contributed by atoms with van der Waals surface area (Å²) in [5.74, 6) is 0.952. The SMILES string of the molecule is CN(C)CCCCNC(=O)c1cn2c3c(c(NCCCCN(C)C)ccc3c1=O)Oc1cc3ccccc3cc1-2. The average molecular weight is 542 g/mol. The Kier molecular flexibility index (Phi) is 8.38. The van der Waals surface area contributed by atoms with Crippen molar-refractivity contribution in [3.05, 3.63) is 70.5 Å². The van der Waals surface area contributed by atoms with Gasteiger partial charge in [-0.05, 0) is 102 Å². The van der Waals surface area contributed by atoms with Crippen LogP contribution in [0.25, 0.3) is 27.4 Å². The van der Waals surface area contributed by atoms with Gasteiger partial charge in [-0.15, -0.1) is 0 Å². The highest BCUT2D eigenvalue weighted by Gasteiger charge is 2.26. The van der Waals surface area contributed by atoms with Gasteiger partial charge < -0.3 is 29.7 Å². The fraction of sp³-hybridized carbons (Fsp3) is 0.375. The zero-order valence-electron chi connectivity index (χ0n) is 23.9. The summed E-state index contributed by atoms with van der Waals surface area (Å²) >= 11 is 0. The Morgan fingerprint density at radius 1 is 0.875 bits per heavy atom. The van der Waals surface area contributed by atoms with Gasteiger partial charge in [0.1, 0.15) is 11.1 Å². The molecular weight excluding hydrogens is 502 g/mol. The number of carbonyl (C=O) groups is 1. The molecule has 2 heterocycles. The third-order valence-corrected chi connectivity index (χ3v) is 7.33. The van der Waals surface area contributed by atoms with Crippen molar-refractivity contribution < 1.29 is 9.53 Å². The van der Waals surface area contributed by atoms with Gasteiger partial charge in [-0.3, -0.25) is 9.59 Å². The molecule has 8 nitrogen and oxygen atoms in total. The van der Waals surface area contributed by atoms with Gasteiger partial charge in [0.15, 0.2) is 11.5 Å². The monoisotopic (exact) mass is 541 g/mol. The highest BCUT2D eigenvalue weighted by molar-refractivity contribution is 6.01. The second-order valence-electron chi connectivity index (χ2n) is 11.1. The Balaban J connectivity index is 1.53. The molecule has 2 N–H and O–H groups in total. The summed E-state index contributed by atoms with van der Waals surface area (Å²) < 4.78 is 8.47. The standard InChI is InChI=1S/C32H39N5O3/c1-35(2)17-9-7-15-33-26-14-13-24-29-31(26)40-28-20-23-12-6-5-11-22(23)19-27(28)37(29)21-25(30(24)38)32(39)34-16-8-10-18-36(3)4/h5-6,11-14,19-21,33H,7-10,15-18H2,1-4H3,(H,34,39). The summed E-state index contributed by atoms with van der Waals surface area (Å²) in [6, 6.07) is 15.9. The molecule has 0 saturated heterocycles. The highest BCUT2D eigenvalue weighted by Crippen LogP contribution is 2.45. The topological polar surface area (TPSA) is 78.8 Å². The van der Waals surface area contributed by atoms with Crippen LogP contribution in [0.4, 0.5) is 5.69 Å². The predicted molar refractivity (Wildman–Crippen MR) is 164 cm³/mol. The van der Waals surface area contributed by atoms with E-state index < -0.39 is 0 Å². The van der Waals surface area contributed by atoms with Crippen molar-refractivity contribution in [2.75, 3.05) is 59.7 Å². The lowest BCUT2D eigenvalue weighted by molar-refractivity contribution is 0.0951. The summed E-state index contributed by atoms with van der Waals surface area (Å²) in [7, 11) is 8.22. The maximum Gasteiger partial charge on any atom is 0.256 e. The number of nitrogens with one attached hydrogen (secondary N) is 2. The summed E-state index contributed by atoms with van der Waals surface area (Å²) in [6.07, 6.45) is 5.60. The number of fused-ring (bicyclic) bond motifs is 3. The van der Waals surface area contributed by atoms with Gasteiger partial charge in [-0.25, -0.2) is 0 Å². The van der Waals surface area contributed by atoms with E-state index in [1.54, 1.807) is 6.20 Å². The first-order chi connectivity index (χ1) is 19.3. The summed E-state index contributed by atoms with van der Waals surface area (Å²) in [5, 5.41) is 9.06. The molecular formula is C32H39N5O3. The van der Waals surface area contributed by atoms with Crippen molar-refractivity contribution in [2.24, 2.45) is 0 Å². The Morgan fingerprint density at radius 3 is 2.25 bits per heavy atom. The minimum Gasteiger partial charge on any atom is -0.451 e. The Bertz CT molecular complexity index is 1590. The number of hydrogen-bond donors (Lipinski definition) is 2. The number of pyridine rings is 1. The smallest absolute Gasteiger partial charge is 0.256 e. The van der Waals surface area contributed by atoms with Gasteiger partial charge in [0, 0.05) is 19.3 Å². The molecule has 5 rings (SSSR count). The molecule has 1 aliphatic heterocycles. The maximum absolute atomic E-state index is 13.6. The fourth-order valence-electron chi connectivity index (χ4n) is 5.20. The van der Waals surface area contributed by atoms with Crippen LogP contribution in [0.5, 0.6) is 11.5 Å². The first kappa shape index (κ1) is 27.7. The number of ether oxygens (including phenoxy) is 1. The van der Waals surface area contributed by atoms with Crippen LogP contribution in [0.3, 0.4) is 0 Å². The summed E-state index contributed by atoms with van der Waals surface area (Å²) in [6.45, 7) is 3.30. The van der Waals surface area contributed by atoms with Gasteiger partial charge in [0.2, 0.25) is 5.43 Å². The van der Waals surface area contributed by atoms with Crippen molar-refractivity contribution in [3.63, 3.8) is 0 Å². The molecule has 0 unspecified atom stereocenters. The van der Waals surface area contributed by atoms with E-state index in [-0.39, 0.29) is 16.9 Å². The van der Waals surface area contributed by atoms with Crippen molar-refractivity contribution in [1.29, 1.82) is 0 Å². The first-order valence-corrected chi connectivity index (χ1v) is 14.1. The van der Waals surface area contributed by atoms with E-state index in [0.717, 1.165) is 67.5 Å². The number of aromatic nitrogens is 1. The van der Waals surface area contributed by atoms with E-state index in [2.05, 4.69) is 52.7 Å². The van der Waals surface area contributed by atoms with Gasteiger partial charge in [-0.1, -0.05) is 24.3 Å². The molecule has 0 bridgehead atoms. The van der Waals surface area contributed by atoms with Crippen LogP contribution < -0.4 is 20.8 Å². The highest BCUT2D eigenvalue weighted by atomic mass is 16.5. The number of carbonyl (C=O) groups excluding carboxylic acids is 1. The van der Waals surface area contributed by atoms with Crippen molar-refractivity contribution in [1.82, 2.24) is 19.7 Å². The first-order valence-electron chi connectivity index (χ1n) is 14.1. The van der Waals surface area contributed by atoms with E-state index in [4.69, 9.17) is 4.74 Å². The van der Waals surface area contributed by atoms with Crippen LogP contribution in [0.2, 0.25) is 0 Å². The predicted octanol–water partition coefficient (Wildman–Crippen LogP) is 5.07. The molecule has 0 fully saturated rings. The molecule has 8 heteroatoms. The van der Waals surface area contributed by atoms with Gasteiger partial charge in [0.25, 0.3) is 5.91 Å². The molecule has 1 aliphatic rings. The summed E-state index contributed by atoms with van der Waals surface area (Å²) in [4.78, 5) is 31.2. The van der Waals surface area contributed by atoms with Crippen LogP contribution in [-0.2, 0) is 0 Å². The molecule has 0 aliphatic carbocycles. The van der Waals surface area contributed by atoms with E-state index in [9.17, 15) is 9.59 Å². The molecule has 4 aromatic rings. The number of anilines is 1. The fourth-order valence-corrected chi connectivity index (χ4v) is 5.20. The molecule has 210 valence electrons. The third kappa shape index (κ3) is 5.83. The van der Waals surface area contributed by atoms with Crippen molar-refractivity contribution in [2.45, 2.75) is 25.7 Å². The number of nitrogens with zero attached hydrogens (tertiary/aromatic N) is 3. The molecule has 40 heavy (non-hydrogen) atoms. The minimum absolute atomic E-state index is 0.136. The molecule has 0 saturated carbocycles. The molecule has 1 amide bonds. The van der Waals surface area contributed by atoms with Crippen LogP contribution in [0, 0.1) is 0 Å². The van der Waals surface area contributed by atoms with Gasteiger partial charge >= 0.3 is 0 Å². The van der Waals surface area contributed by atoms with Crippen molar-refractivity contribution in [3.8, 4) is 17.2 Å². The number of amides is 1. The van der Waals surface area contributed by atoms with Crippen LogP contribution >= 0.6 is 0 Å². The number of benzene rings is 3. The normalized spacial score (nSPS) is 12.2. The number of rotatable bonds is 12. The van der Waals surface area contributed by atoms with E-state index in [0.29, 0.717) is 28.9 Å². The molecule has 0 spiro atoms. The lowest BCUT2D eigenvalue weighted by atomic mass is 10.0. The van der Waals surface area contributed by atoms with E-state index >= 15 is 0 Å². The maximum atomic E-state index is 13.6. The third-order valence-electron chi connectivity index (χ3n) is 7.33. The Labute approximate surface area is 235 Å². The lowest BCUT2D eigenvalue weighted by Gasteiger charge is -2.26. The molecule has 0 radical (unpaired) electrons. The van der Waals surface area contributed by atoms with E-state index in [1.807, 2.05) is 49.0 Å². The molecule has 1 aromatic heterocycles. The second-order valence-corrected chi connectivity index (χ2v) is 11.1. The largest absolute Gasteiger partial charge is 0.451 e. The van der Waals surface area contributed by atoms with Crippen LogP contribution in [-0.4, -0.2) is 74.6 Å². The molecule has 0 atom stereocenters. The Morgan fingerprint density at radius 2 is 1.55 bits per heavy atom. The van der Waals surface area contributed by atoms with Crippen LogP contribution in [0.15, 0.2) is 59.5 Å². The zero-order valence-corrected chi connectivity index (χ0v) is 23.9. The average Bonchev–Trinajstić information content (AvgIpc) is 2.93. The van der Waals surface area contributed by atoms with Crippen LogP contribution in [0.1, 0.15) is 36.0 Å². The quantitative estimate of drug-likeness (QED) is 0.215. The minimum atomic E-state index is -0.348. The lowest BCUT2D eigenvalue weighted by Crippen LogP contribution is -2.31. The van der Waals surface area contributed by atoms with Gasteiger partial charge in [-0.2, -0.15) is 0 Å². The Hall–Kier alpha value is -3.88.